The zero-order chi connectivity index (χ0) is 26.7. The molecule has 0 radical (unpaired) electrons. The first kappa shape index (κ1) is 24.5. The van der Waals surface area contributed by atoms with Crippen LogP contribution >= 0.6 is 0 Å². The maximum Gasteiger partial charge on any atom is 0.257 e. The number of hydrogen-bond donors (Lipinski definition) is 0. The van der Waals surface area contributed by atoms with Gasteiger partial charge in [-0.1, -0.05) is 30.3 Å². The first-order chi connectivity index (χ1) is 18.9. The molecule has 3 fully saturated rings. The molecule has 1 aromatic heterocycles. The molecule has 0 bridgehead atoms. The van der Waals surface area contributed by atoms with Crippen molar-refractivity contribution in [3.8, 4) is 11.1 Å². The summed E-state index contributed by atoms with van der Waals surface area (Å²) in [7, 11) is 4.06. The number of aliphatic imine (C=N–C) groups is 1. The summed E-state index contributed by atoms with van der Waals surface area (Å²) in [5.41, 5.74) is 3.53. The molecular weight excluding hydrogens is 490 g/mol. The van der Waals surface area contributed by atoms with Crippen molar-refractivity contribution in [1.82, 2.24) is 29.4 Å². The largest absolute Gasteiger partial charge is 0.342 e. The fourth-order valence-electron chi connectivity index (χ4n) is 6.29. The minimum absolute atomic E-state index is 0.0803. The van der Waals surface area contributed by atoms with E-state index >= 15 is 0 Å². The van der Waals surface area contributed by atoms with Gasteiger partial charge in [0.25, 0.3) is 5.91 Å². The summed E-state index contributed by atoms with van der Waals surface area (Å²) in [6, 6.07) is 14.8. The first-order valence-corrected chi connectivity index (χ1v) is 14.0. The number of fused-ring (bicyclic) bond motifs is 1. The van der Waals surface area contributed by atoms with Crippen molar-refractivity contribution in [2.75, 3.05) is 46.6 Å². The van der Waals surface area contributed by atoms with Crippen LogP contribution in [0.1, 0.15) is 31.2 Å². The van der Waals surface area contributed by atoms with Crippen LogP contribution in [-0.4, -0.2) is 99.1 Å². The molecule has 4 aliphatic rings. The molecule has 9 nitrogen and oxygen atoms in total. The fourth-order valence-corrected chi connectivity index (χ4v) is 6.29. The summed E-state index contributed by atoms with van der Waals surface area (Å²) in [5, 5.41) is 5.47. The molecule has 2 aromatic carbocycles. The Balaban J connectivity index is 1.17. The van der Waals surface area contributed by atoms with Crippen LogP contribution in [0.15, 0.2) is 53.7 Å². The van der Waals surface area contributed by atoms with E-state index in [4.69, 9.17) is 4.99 Å². The maximum absolute atomic E-state index is 14.0. The van der Waals surface area contributed by atoms with E-state index in [2.05, 4.69) is 64.4 Å². The SMILES string of the molecule is CN1CCN(CN2C(=O)C3(CCN(C(=O)C4CC4)CC3)N=C2c2ccc(-c3ccc4c(cnn4C)c3)cc2)C1. The van der Waals surface area contributed by atoms with E-state index in [9.17, 15) is 9.59 Å². The van der Waals surface area contributed by atoms with Crippen molar-refractivity contribution in [2.24, 2.45) is 18.0 Å². The van der Waals surface area contributed by atoms with Crippen LogP contribution < -0.4 is 0 Å². The van der Waals surface area contributed by atoms with Gasteiger partial charge in [0, 0.05) is 50.1 Å². The first-order valence-electron chi connectivity index (χ1n) is 14.0. The Kier molecular flexibility index (Phi) is 5.82. The van der Waals surface area contributed by atoms with Crippen LogP contribution in [0.4, 0.5) is 0 Å². The number of likely N-dealkylation sites (tertiary alicyclic amines) is 1. The summed E-state index contributed by atoms with van der Waals surface area (Å²) in [6.07, 6.45) is 5.08. The van der Waals surface area contributed by atoms with Gasteiger partial charge in [-0.3, -0.25) is 34.0 Å². The molecule has 0 atom stereocenters. The van der Waals surface area contributed by atoms with E-state index < -0.39 is 5.54 Å². The predicted octanol–water partition coefficient (Wildman–Crippen LogP) is 2.76. The lowest BCUT2D eigenvalue weighted by atomic mass is 9.87. The second-order valence-corrected chi connectivity index (χ2v) is 11.7. The molecule has 1 saturated carbocycles. The number of nitrogens with zero attached hydrogens (tertiary/aromatic N) is 7. The Bertz CT molecular complexity index is 1460. The number of hydrogen-bond acceptors (Lipinski definition) is 6. The number of aromatic nitrogens is 2. The molecule has 1 aliphatic carbocycles. The lowest BCUT2D eigenvalue weighted by Crippen LogP contribution is -2.53. The van der Waals surface area contributed by atoms with Crippen molar-refractivity contribution in [3.05, 3.63) is 54.2 Å². The number of piperidine rings is 1. The van der Waals surface area contributed by atoms with E-state index in [1.54, 1.807) is 0 Å². The van der Waals surface area contributed by atoms with Crippen LogP contribution in [0.2, 0.25) is 0 Å². The standard InChI is InChI=1S/C30H35N7O2/c1-33-15-16-35(19-33)20-37-27(32-30(29(37)39)11-13-36(14-12-30)28(38)23-7-8-23)22-5-3-21(4-6-22)24-9-10-26-25(17-24)18-31-34(26)2/h3-6,9-10,17-18,23H,7-8,11-16,19-20H2,1-2H3. The zero-order valence-electron chi connectivity index (χ0n) is 22.7. The van der Waals surface area contributed by atoms with Gasteiger partial charge >= 0.3 is 0 Å². The van der Waals surface area contributed by atoms with Gasteiger partial charge in [0.05, 0.1) is 25.1 Å². The summed E-state index contributed by atoms with van der Waals surface area (Å²) in [6.45, 7) is 4.51. The molecular formula is C30H35N7O2. The molecule has 7 rings (SSSR count). The van der Waals surface area contributed by atoms with E-state index in [-0.39, 0.29) is 17.7 Å². The molecule has 2 amide bonds. The summed E-state index contributed by atoms with van der Waals surface area (Å²) in [5.74, 6) is 1.30. The number of benzene rings is 2. The Hall–Kier alpha value is -3.56. The number of carbonyl (C=O) groups is 2. The van der Waals surface area contributed by atoms with Gasteiger partial charge in [-0.05, 0) is 56.0 Å². The van der Waals surface area contributed by atoms with Gasteiger partial charge < -0.3 is 4.90 Å². The van der Waals surface area contributed by atoms with Crippen molar-refractivity contribution in [1.29, 1.82) is 0 Å². The summed E-state index contributed by atoms with van der Waals surface area (Å²) < 4.78 is 1.88. The predicted molar refractivity (Wildman–Crippen MR) is 150 cm³/mol. The third kappa shape index (κ3) is 4.33. The molecule has 1 spiro atoms. The van der Waals surface area contributed by atoms with Crippen LogP contribution in [-0.2, 0) is 16.6 Å². The Morgan fingerprint density at radius 3 is 2.36 bits per heavy atom. The maximum atomic E-state index is 14.0. The number of aryl methyl sites for hydroxylation is 1. The highest BCUT2D eigenvalue weighted by molar-refractivity contribution is 6.15. The third-order valence-corrected chi connectivity index (χ3v) is 8.85. The molecule has 4 heterocycles. The summed E-state index contributed by atoms with van der Waals surface area (Å²) >= 11 is 0. The zero-order valence-corrected chi connectivity index (χ0v) is 22.7. The van der Waals surface area contributed by atoms with Gasteiger partial charge in [-0.2, -0.15) is 5.10 Å². The van der Waals surface area contributed by atoms with Gasteiger partial charge in [0.15, 0.2) is 0 Å². The number of rotatable bonds is 5. The number of amides is 2. The number of amidine groups is 1. The van der Waals surface area contributed by atoms with Crippen LogP contribution in [0.25, 0.3) is 22.0 Å². The minimum Gasteiger partial charge on any atom is -0.342 e. The molecule has 202 valence electrons. The average Bonchev–Trinajstić information content (AvgIpc) is 3.56. The summed E-state index contributed by atoms with van der Waals surface area (Å²) in [4.78, 5) is 40.3. The molecule has 3 aromatic rings. The van der Waals surface area contributed by atoms with E-state index in [1.165, 1.54) is 0 Å². The lowest BCUT2D eigenvalue weighted by molar-refractivity contribution is -0.139. The minimum atomic E-state index is -0.773. The fraction of sp³-hybridized carbons (Fsp3) is 0.467. The van der Waals surface area contributed by atoms with E-state index in [0.717, 1.165) is 66.0 Å². The lowest BCUT2D eigenvalue weighted by Gasteiger charge is -2.36. The highest BCUT2D eigenvalue weighted by Gasteiger charge is 2.51. The number of carbonyl (C=O) groups excluding carboxylic acids is 2. The average molecular weight is 526 g/mol. The van der Waals surface area contributed by atoms with Gasteiger partial charge in [-0.25, -0.2) is 0 Å². The Morgan fingerprint density at radius 2 is 1.67 bits per heavy atom. The van der Waals surface area contributed by atoms with Crippen molar-refractivity contribution in [2.45, 2.75) is 31.2 Å². The molecule has 9 heteroatoms. The quantitative estimate of drug-likeness (QED) is 0.512. The van der Waals surface area contributed by atoms with Crippen molar-refractivity contribution < 1.29 is 9.59 Å². The smallest absolute Gasteiger partial charge is 0.257 e. The van der Waals surface area contributed by atoms with Gasteiger partial charge in [0.1, 0.15) is 11.4 Å². The second-order valence-electron chi connectivity index (χ2n) is 11.7. The molecule has 2 saturated heterocycles. The highest BCUT2D eigenvalue weighted by atomic mass is 16.2. The number of likely N-dealkylation sites (N-methyl/N-ethyl adjacent to an activating group) is 1. The second kappa shape index (κ2) is 9.27. The molecule has 0 unspecified atom stereocenters. The highest BCUT2D eigenvalue weighted by Crippen LogP contribution is 2.38. The van der Waals surface area contributed by atoms with E-state index in [1.807, 2.05) is 27.7 Å². The monoisotopic (exact) mass is 525 g/mol. The topological polar surface area (TPSA) is 77.3 Å². The molecule has 3 aliphatic heterocycles. The third-order valence-electron chi connectivity index (χ3n) is 8.85. The van der Waals surface area contributed by atoms with Crippen molar-refractivity contribution >= 4 is 28.6 Å². The molecule has 0 N–H and O–H groups in total. The van der Waals surface area contributed by atoms with Gasteiger partial charge in [-0.15, -0.1) is 0 Å². The van der Waals surface area contributed by atoms with Crippen molar-refractivity contribution in [3.63, 3.8) is 0 Å². The van der Waals surface area contributed by atoms with Crippen LogP contribution in [0.5, 0.6) is 0 Å². The normalized spacial score (nSPS) is 21.9. The Labute approximate surface area is 228 Å². The van der Waals surface area contributed by atoms with Crippen LogP contribution in [0.3, 0.4) is 0 Å². The molecule has 39 heavy (non-hydrogen) atoms. The Morgan fingerprint density at radius 1 is 0.949 bits per heavy atom. The van der Waals surface area contributed by atoms with E-state index in [0.29, 0.717) is 32.6 Å². The van der Waals surface area contributed by atoms with Gasteiger partial charge in [0.2, 0.25) is 5.91 Å². The van der Waals surface area contributed by atoms with Crippen LogP contribution in [0, 0.1) is 5.92 Å².